The summed E-state index contributed by atoms with van der Waals surface area (Å²) in [5.74, 6) is 1.43. The minimum absolute atomic E-state index is 0.0170. The predicted molar refractivity (Wildman–Crippen MR) is 97.9 cm³/mol. The molecule has 3 aliphatic carbocycles. The molecule has 4 rings (SSSR count). The Morgan fingerprint density at radius 2 is 1.76 bits per heavy atom. The van der Waals surface area contributed by atoms with Crippen LogP contribution >= 0.6 is 0 Å². The fourth-order valence-electron chi connectivity index (χ4n) is 6.04. The van der Waals surface area contributed by atoms with Gasteiger partial charge < -0.3 is 0 Å². The number of carbonyl (C=O) groups is 1. The Morgan fingerprint density at radius 3 is 2.52 bits per heavy atom. The Morgan fingerprint density at radius 1 is 1.04 bits per heavy atom. The lowest BCUT2D eigenvalue weighted by molar-refractivity contribution is -0.143. The van der Waals surface area contributed by atoms with Gasteiger partial charge in [-0.15, -0.1) is 0 Å². The third-order valence-corrected chi connectivity index (χ3v) is 9.65. The molecule has 136 valence electrons. The molecule has 1 aromatic carbocycles. The second-order valence-electron chi connectivity index (χ2n) is 8.63. The van der Waals surface area contributed by atoms with Gasteiger partial charge in [0.05, 0.1) is 10.1 Å². The van der Waals surface area contributed by atoms with E-state index in [1.54, 1.807) is 24.3 Å². The Balaban J connectivity index is 1.62. The van der Waals surface area contributed by atoms with Crippen LogP contribution in [0.2, 0.25) is 0 Å². The quantitative estimate of drug-likeness (QED) is 0.785. The minimum Gasteiger partial charge on any atom is -0.299 e. The van der Waals surface area contributed by atoms with Crippen LogP contribution in [0, 0.1) is 23.2 Å². The molecule has 3 nitrogen and oxygen atoms in total. The van der Waals surface area contributed by atoms with Crippen LogP contribution in [0.25, 0.3) is 0 Å². The molecule has 0 saturated heterocycles. The summed E-state index contributed by atoms with van der Waals surface area (Å²) in [4.78, 5) is 13.3. The van der Waals surface area contributed by atoms with Gasteiger partial charge in [-0.1, -0.05) is 38.0 Å². The molecule has 3 fully saturated rings. The molecular formula is C21H28O3S. The van der Waals surface area contributed by atoms with E-state index in [9.17, 15) is 13.2 Å². The van der Waals surface area contributed by atoms with Gasteiger partial charge in [0.25, 0.3) is 0 Å². The molecule has 0 amide bonds. The maximum absolute atomic E-state index is 13.0. The van der Waals surface area contributed by atoms with Crippen molar-refractivity contribution in [2.24, 2.45) is 23.2 Å². The first-order valence-corrected chi connectivity index (χ1v) is 11.3. The van der Waals surface area contributed by atoms with Gasteiger partial charge in [0.15, 0.2) is 9.84 Å². The van der Waals surface area contributed by atoms with E-state index in [1.807, 2.05) is 6.07 Å². The molecule has 1 aromatic rings. The maximum Gasteiger partial charge on any atom is 0.181 e. The van der Waals surface area contributed by atoms with Gasteiger partial charge >= 0.3 is 0 Å². The SMILES string of the molecule is C[C@]12CC[C@H](S(=O)(=O)c3ccccc3)C[C@@H]1C(=O)C[C@H]1CCCC[C@@H]12. The Bertz CT molecular complexity index is 755. The first-order valence-electron chi connectivity index (χ1n) is 9.74. The first kappa shape index (κ1) is 17.3. The summed E-state index contributed by atoms with van der Waals surface area (Å²) in [6.07, 6.45) is 7.70. The van der Waals surface area contributed by atoms with Crippen molar-refractivity contribution >= 4 is 15.6 Å². The number of sulfone groups is 1. The number of benzene rings is 1. The predicted octanol–water partition coefficient (Wildman–Crippen LogP) is 4.41. The van der Waals surface area contributed by atoms with Crippen molar-refractivity contribution in [3.05, 3.63) is 30.3 Å². The molecule has 0 radical (unpaired) electrons. The van der Waals surface area contributed by atoms with E-state index in [-0.39, 0.29) is 11.3 Å². The highest BCUT2D eigenvalue weighted by Crippen LogP contribution is 2.58. The average molecular weight is 361 g/mol. The van der Waals surface area contributed by atoms with E-state index >= 15 is 0 Å². The minimum atomic E-state index is -3.34. The average Bonchev–Trinajstić information content (AvgIpc) is 2.62. The number of ketones is 1. The second-order valence-corrected chi connectivity index (χ2v) is 10.9. The number of rotatable bonds is 2. The van der Waals surface area contributed by atoms with Gasteiger partial charge in [-0.3, -0.25) is 4.79 Å². The second kappa shape index (κ2) is 6.22. The van der Waals surface area contributed by atoms with E-state index < -0.39 is 15.1 Å². The zero-order chi connectivity index (χ0) is 17.7. The van der Waals surface area contributed by atoms with Crippen molar-refractivity contribution in [3.8, 4) is 0 Å². The van der Waals surface area contributed by atoms with Gasteiger partial charge in [-0.05, 0) is 61.5 Å². The first-order chi connectivity index (χ1) is 11.9. The van der Waals surface area contributed by atoms with Crippen LogP contribution < -0.4 is 0 Å². The highest BCUT2D eigenvalue weighted by Gasteiger charge is 2.55. The van der Waals surface area contributed by atoms with Crippen molar-refractivity contribution < 1.29 is 13.2 Å². The van der Waals surface area contributed by atoms with Crippen LogP contribution in [0.4, 0.5) is 0 Å². The largest absolute Gasteiger partial charge is 0.299 e. The lowest BCUT2D eigenvalue weighted by Crippen LogP contribution is -2.53. The standard InChI is InChI=1S/C21H28O3S/c1-21-12-11-17(25(23,24)16-8-3-2-4-9-16)14-19(21)20(22)13-15-7-5-6-10-18(15)21/h2-4,8-9,15,17-19H,5-7,10-14H2,1H3/t15-,17+,18+,19-,21-/m1/s1. The van der Waals surface area contributed by atoms with Gasteiger partial charge in [0, 0.05) is 12.3 Å². The summed E-state index contributed by atoms with van der Waals surface area (Å²) in [5, 5.41) is -0.405. The lowest BCUT2D eigenvalue weighted by Gasteiger charge is -2.55. The zero-order valence-electron chi connectivity index (χ0n) is 15.0. The molecule has 0 heterocycles. The molecule has 0 N–H and O–H groups in total. The van der Waals surface area contributed by atoms with Gasteiger partial charge in [0.1, 0.15) is 5.78 Å². The normalized spacial score (nSPS) is 38.7. The van der Waals surface area contributed by atoms with E-state index in [2.05, 4.69) is 6.92 Å². The molecular weight excluding hydrogens is 332 g/mol. The van der Waals surface area contributed by atoms with Gasteiger partial charge in [0.2, 0.25) is 0 Å². The summed E-state index contributed by atoms with van der Waals surface area (Å²) >= 11 is 0. The van der Waals surface area contributed by atoms with E-state index in [0.29, 0.717) is 41.8 Å². The zero-order valence-corrected chi connectivity index (χ0v) is 15.8. The third kappa shape index (κ3) is 2.77. The van der Waals surface area contributed by atoms with Crippen molar-refractivity contribution in [1.82, 2.24) is 0 Å². The van der Waals surface area contributed by atoms with Crippen molar-refractivity contribution in [3.63, 3.8) is 0 Å². The lowest BCUT2D eigenvalue weighted by atomic mass is 9.49. The Hall–Kier alpha value is -1.16. The van der Waals surface area contributed by atoms with Crippen LogP contribution in [-0.4, -0.2) is 19.5 Å². The van der Waals surface area contributed by atoms with Gasteiger partial charge in [-0.25, -0.2) is 8.42 Å². The number of fused-ring (bicyclic) bond motifs is 3. The van der Waals surface area contributed by atoms with Crippen molar-refractivity contribution in [1.29, 1.82) is 0 Å². The maximum atomic E-state index is 13.0. The topological polar surface area (TPSA) is 51.2 Å². The molecule has 4 heteroatoms. The summed E-state index contributed by atoms with van der Waals surface area (Å²) in [7, 11) is -3.34. The third-order valence-electron chi connectivity index (χ3n) is 7.42. The number of hydrogen-bond donors (Lipinski definition) is 0. The fourth-order valence-corrected chi connectivity index (χ4v) is 7.84. The van der Waals surface area contributed by atoms with Crippen LogP contribution in [0.1, 0.15) is 58.3 Å². The van der Waals surface area contributed by atoms with Gasteiger partial charge in [-0.2, -0.15) is 0 Å². The smallest absolute Gasteiger partial charge is 0.181 e. The highest BCUT2D eigenvalue weighted by atomic mass is 32.2. The summed E-state index contributed by atoms with van der Waals surface area (Å²) in [5.41, 5.74) is 0.0170. The number of Topliss-reactive ketones (excluding diaryl/α,β-unsaturated/α-hetero) is 1. The highest BCUT2D eigenvalue weighted by molar-refractivity contribution is 7.92. The van der Waals surface area contributed by atoms with E-state index in [1.165, 1.54) is 25.7 Å². The Kier molecular flexibility index (Phi) is 4.30. The molecule has 0 spiro atoms. The monoisotopic (exact) mass is 360 g/mol. The Labute approximate surface area is 151 Å². The van der Waals surface area contributed by atoms with Crippen LogP contribution in [0.15, 0.2) is 35.2 Å². The molecule has 0 bridgehead atoms. The number of carbonyl (C=O) groups excluding carboxylic acids is 1. The van der Waals surface area contributed by atoms with E-state index in [4.69, 9.17) is 0 Å². The molecule has 0 unspecified atom stereocenters. The van der Waals surface area contributed by atoms with Crippen LogP contribution in [0.5, 0.6) is 0 Å². The summed E-state index contributed by atoms with van der Waals surface area (Å²) in [6, 6.07) is 8.76. The molecule has 0 aliphatic heterocycles. The van der Waals surface area contributed by atoms with E-state index in [0.717, 1.165) is 6.42 Å². The molecule has 25 heavy (non-hydrogen) atoms. The fraction of sp³-hybridized carbons (Fsp3) is 0.667. The number of hydrogen-bond acceptors (Lipinski definition) is 3. The summed E-state index contributed by atoms with van der Waals surface area (Å²) < 4.78 is 26.1. The molecule has 0 aromatic heterocycles. The van der Waals surface area contributed by atoms with Crippen molar-refractivity contribution in [2.75, 3.05) is 0 Å². The van der Waals surface area contributed by atoms with Crippen molar-refractivity contribution in [2.45, 2.75) is 68.4 Å². The molecule has 3 aliphatic rings. The summed E-state index contributed by atoms with van der Waals surface area (Å²) in [6.45, 7) is 2.28. The van der Waals surface area contributed by atoms with Crippen LogP contribution in [-0.2, 0) is 14.6 Å². The molecule has 3 saturated carbocycles. The van der Waals surface area contributed by atoms with Crippen LogP contribution in [0.3, 0.4) is 0 Å². The molecule has 5 atom stereocenters.